The number of quaternary nitrogens is 1. The smallest absolute Gasteiger partial charge is 0.187 e. The van der Waals surface area contributed by atoms with Crippen molar-refractivity contribution in [3.05, 3.63) is 12.3 Å². The summed E-state index contributed by atoms with van der Waals surface area (Å²) in [6.45, 7) is 7.09. The molecule has 0 saturated carbocycles. The van der Waals surface area contributed by atoms with E-state index in [0.717, 1.165) is 5.70 Å². The molecule has 0 radical (unpaired) electrons. The highest BCUT2D eigenvalue weighted by molar-refractivity contribution is 4.88. The van der Waals surface area contributed by atoms with Crippen molar-refractivity contribution in [3.8, 4) is 0 Å². The van der Waals surface area contributed by atoms with E-state index in [-0.39, 0.29) is 0 Å². The second-order valence-corrected chi connectivity index (χ2v) is 3.80. The summed E-state index contributed by atoms with van der Waals surface area (Å²) in [7, 11) is 0. The third-order valence-corrected chi connectivity index (χ3v) is 2.39. The predicted molar refractivity (Wildman–Crippen MR) is 49.1 cm³/mol. The molecule has 1 aliphatic rings. The lowest BCUT2D eigenvalue weighted by atomic mass is 9.97. The fourth-order valence-corrected chi connectivity index (χ4v) is 1.61. The van der Waals surface area contributed by atoms with Gasteiger partial charge in [-0.3, -0.25) is 0 Å². The molecule has 0 aromatic carbocycles. The number of hydrogen-bond donors (Lipinski definition) is 4. The first-order valence-electron chi connectivity index (χ1n) is 4.63. The number of aliphatic hydroxyl groups is 3. The van der Waals surface area contributed by atoms with E-state index in [4.69, 9.17) is 4.74 Å². The number of ether oxygens (including phenoxy) is 1. The fraction of sp³-hybridized carbons (Fsp3) is 0.778. The highest BCUT2D eigenvalue weighted by atomic mass is 16.6. The maximum absolute atomic E-state index is 9.71. The molecule has 14 heavy (non-hydrogen) atoms. The summed E-state index contributed by atoms with van der Waals surface area (Å²) < 4.78 is 4.93. The monoisotopic (exact) mass is 204 g/mol. The molecule has 1 heterocycles. The molecule has 1 aliphatic heterocycles. The summed E-state index contributed by atoms with van der Waals surface area (Å²) in [5, 5.41) is 30.2. The molecule has 0 aromatic rings. The van der Waals surface area contributed by atoms with Crippen LogP contribution in [0.5, 0.6) is 0 Å². The van der Waals surface area contributed by atoms with Crippen LogP contribution in [0.2, 0.25) is 0 Å². The number of aliphatic hydroxyl groups excluding tert-OH is 3. The second kappa shape index (κ2) is 4.37. The molecule has 5 nitrogen and oxygen atoms in total. The van der Waals surface area contributed by atoms with Crippen molar-refractivity contribution in [3.63, 3.8) is 0 Å². The van der Waals surface area contributed by atoms with Crippen molar-refractivity contribution < 1.29 is 25.4 Å². The first-order valence-corrected chi connectivity index (χ1v) is 4.63. The summed E-state index contributed by atoms with van der Waals surface area (Å²) in [4.78, 5) is 0. The zero-order chi connectivity index (χ0) is 10.9. The van der Waals surface area contributed by atoms with Crippen molar-refractivity contribution in [2.45, 2.75) is 44.5 Å². The molecular weight excluding hydrogens is 186 g/mol. The molecule has 0 amide bonds. The standard InChI is InChI=1S/C9H17NO4/c1-4(2)10-6-7(11)5(3)14-9(13)8(6)12/h5-13H,1H2,2-3H3/p+1/t5-,6+,7+,8-,9+/m1/s1. The molecule has 0 aliphatic carbocycles. The molecule has 82 valence electrons. The van der Waals surface area contributed by atoms with Crippen LogP contribution in [0.15, 0.2) is 12.3 Å². The van der Waals surface area contributed by atoms with Gasteiger partial charge in [-0.05, 0) is 13.5 Å². The van der Waals surface area contributed by atoms with E-state index >= 15 is 0 Å². The third-order valence-electron chi connectivity index (χ3n) is 2.39. The van der Waals surface area contributed by atoms with Gasteiger partial charge in [0.05, 0.1) is 11.8 Å². The molecule has 5 heteroatoms. The maximum Gasteiger partial charge on any atom is 0.187 e. The molecule has 1 saturated heterocycles. The maximum atomic E-state index is 9.71. The summed E-state index contributed by atoms with van der Waals surface area (Å²) >= 11 is 0. The van der Waals surface area contributed by atoms with Crippen LogP contribution < -0.4 is 5.32 Å². The molecule has 1 fully saturated rings. The Morgan fingerprint density at radius 2 is 1.86 bits per heavy atom. The lowest BCUT2D eigenvalue weighted by Crippen LogP contribution is -2.95. The van der Waals surface area contributed by atoms with E-state index in [1.165, 1.54) is 0 Å². The van der Waals surface area contributed by atoms with Crippen molar-refractivity contribution >= 4 is 0 Å². The van der Waals surface area contributed by atoms with Crippen LogP contribution in [0.1, 0.15) is 13.8 Å². The zero-order valence-electron chi connectivity index (χ0n) is 8.42. The van der Waals surface area contributed by atoms with E-state index in [9.17, 15) is 15.3 Å². The Kier molecular flexibility index (Phi) is 3.63. The normalized spacial score (nSPS) is 43.6. The van der Waals surface area contributed by atoms with Gasteiger partial charge in [0, 0.05) is 6.92 Å². The first kappa shape index (κ1) is 11.6. The molecule has 0 unspecified atom stereocenters. The lowest BCUT2D eigenvalue weighted by molar-refractivity contribution is -0.670. The molecular formula is C9H18NO4+. The Morgan fingerprint density at radius 3 is 2.36 bits per heavy atom. The number of allylic oxidation sites excluding steroid dienone is 1. The number of rotatable bonds is 2. The van der Waals surface area contributed by atoms with Gasteiger partial charge in [-0.25, -0.2) is 0 Å². The van der Waals surface area contributed by atoms with Gasteiger partial charge in [0.1, 0.15) is 6.10 Å². The van der Waals surface area contributed by atoms with Crippen LogP contribution in [0.3, 0.4) is 0 Å². The minimum Gasteiger partial charge on any atom is -0.384 e. The SMILES string of the molecule is C=C(C)[NH2+][C@H]1[C@@H](O)[C@@H](C)O[C@H](O)[C@@H]1O. The van der Waals surface area contributed by atoms with E-state index in [2.05, 4.69) is 6.58 Å². The number of nitrogens with two attached hydrogens (primary N) is 1. The van der Waals surface area contributed by atoms with Crippen molar-refractivity contribution in [2.24, 2.45) is 0 Å². The Labute approximate surface area is 83.0 Å². The molecule has 0 aromatic heterocycles. The summed E-state index contributed by atoms with van der Waals surface area (Å²) in [5.41, 5.74) is 0.745. The van der Waals surface area contributed by atoms with Crippen LogP contribution in [-0.2, 0) is 4.74 Å². The average Bonchev–Trinajstić information content (AvgIpc) is 2.09. The molecule has 5 N–H and O–H groups in total. The highest BCUT2D eigenvalue weighted by Gasteiger charge is 2.44. The van der Waals surface area contributed by atoms with Gasteiger partial charge in [0.15, 0.2) is 18.4 Å². The predicted octanol–water partition coefficient (Wildman–Crippen LogP) is -2.09. The second-order valence-electron chi connectivity index (χ2n) is 3.80. The van der Waals surface area contributed by atoms with E-state index in [1.54, 1.807) is 19.2 Å². The summed E-state index contributed by atoms with van der Waals surface area (Å²) in [6, 6.07) is -0.522. The Bertz CT molecular complexity index is 207. The zero-order valence-corrected chi connectivity index (χ0v) is 8.42. The molecule has 0 spiro atoms. The Morgan fingerprint density at radius 1 is 1.29 bits per heavy atom. The van der Waals surface area contributed by atoms with Crippen molar-refractivity contribution in [1.82, 2.24) is 0 Å². The molecule has 1 rings (SSSR count). The fourth-order valence-electron chi connectivity index (χ4n) is 1.61. The van der Waals surface area contributed by atoms with Crippen molar-refractivity contribution in [2.75, 3.05) is 0 Å². The van der Waals surface area contributed by atoms with Crippen LogP contribution in [0.4, 0.5) is 0 Å². The largest absolute Gasteiger partial charge is 0.384 e. The molecule has 5 atom stereocenters. The topological polar surface area (TPSA) is 86.5 Å². The van der Waals surface area contributed by atoms with Gasteiger partial charge in [-0.1, -0.05) is 0 Å². The van der Waals surface area contributed by atoms with E-state index in [1.807, 2.05) is 0 Å². The Hall–Kier alpha value is -0.460. The van der Waals surface area contributed by atoms with Crippen LogP contribution in [-0.4, -0.2) is 46.0 Å². The average molecular weight is 204 g/mol. The molecule has 0 bridgehead atoms. The minimum absolute atomic E-state index is 0.492. The quantitative estimate of drug-likeness (QED) is 0.415. The van der Waals surface area contributed by atoms with Gasteiger partial charge in [0.2, 0.25) is 0 Å². The Balaban J connectivity index is 2.71. The van der Waals surface area contributed by atoms with E-state index in [0.29, 0.717) is 0 Å². The van der Waals surface area contributed by atoms with Crippen LogP contribution in [0.25, 0.3) is 0 Å². The minimum atomic E-state index is -1.24. The first-order chi connectivity index (χ1) is 6.43. The highest BCUT2D eigenvalue weighted by Crippen LogP contribution is 2.17. The van der Waals surface area contributed by atoms with E-state index < -0.39 is 30.6 Å². The summed E-state index contributed by atoms with van der Waals surface area (Å²) in [5.74, 6) is 0. The van der Waals surface area contributed by atoms with Gasteiger partial charge in [0.25, 0.3) is 0 Å². The van der Waals surface area contributed by atoms with Gasteiger partial charge < -0.3 is 25.4 Å². The number of hydrogen-bond acceptors (Lipinski definition) is 4. The van der Waals surface area contributed by atoms with Crippen LogP contribution in [0, 0.1) is 0 Å². The van der Waals surface area contributed by atoms with Crippen molar-refractivity contribution in [1.29, 1.82) is 0 Å². The van der Waals surface area contributed by atoms with Gasteiger partial charge >= 0.3 is 0 Å². The van der Waals surface area contributed by atoms with Gasteiger partial charge in [-0.2, -0.15) is 0 Å². The summed E-state index contributed by atoms with van der Waals surface area (Å²) in [6.07, 6.45) is -3.65. The van der Waals surface area contributed by atoms with Crippen LogP contribution >= 0.6 is 0 Å². The third kappa shape index (κ3) is 2.31. The van der Waals surface area contributed by atoms with Gasteiger partial charge in [-0.15, -0.1) is 0 Å². The lowest BCUT2D eigenvalue weighted by Gasteiger charge is -2.37.